The predicted octanol–water partition coefficient (Wildman–Crippen LogP) is -0.0485. The molecule has 70 valence electrons. The van der Waals surface area contributed by atoms with Crippen molar-refractivity contribution in [3.8, 4) is 0 Å². The molecule has 0 unspecified atom stereocenters. The molecule has 0 aliphatic carbocycles. The Morgan fingerprint density at radius 2 is 1.85 bits per heavy atom. The van der Waals surface area contributed by atoms with Crippen molar-refractivity contribution in [2.75, 3.05) is 7.11 Å². The van der Waals surface area contributed by atoms with Gasteiger partial charge in [-0.15, -0.1) is 0 Å². The summed E-state index contributed by atoms with van der Waals surface area (Å²) in [6, 6.07) is 6.62. The lowest BCUT2D eigenvalue weighted by molar-refractivity contribution is -0.160. The van der Waals surface area contributed by atoms with Gasteiger partial charge in [-0.05, 0) is 17.6 Å². The van der Waals surface area contributed by atoms with Crippen molar-refractivity contribution in [3.05, 3.63) is 24.3 Å². The topological polar surface area (TPSA) is 58.9 Å². The van der Waals surface area contributed by atoms with Crippen LogP contribution in [0.3, 0.4) is 0 Å². The summed E-state index contributed by atoms with van der Waals surface area (Å²) in [6.45, 7) is 0. The summed E-state index contributed by atoms with van der Waals surface area (Å²) in [5.41, 5.74) is 0.446. The first kappa shape index (κ1) is 10.6. The van der Waals surface area contributed by atoms with Gasteiger partial charge in [0.15, 0.2) is 0 Å². The Kier molecular flexibility index (Phi) is 4.27. The summed E-state index contributed by atoms with van der Waals surface area (Å²) >= 11 is 1.06. The smallest absolute Gasteiger partial charge is 0.423 e. The molecule has 0 fully saturated rings. The fourth-order valence-corrected chi connectivity index (χ4v) is 1.16. The van der Waals surface area contributed by atoms with Gasteiger partial charge < -0.3 is 10.0 Å². The quantitative estimate of drug-likeness (QED) is 0.309. The summed E-state index contributed by atoms with van der Waals surface area (Å²) in [4.78, 5) is 5.21. The molecule has 0 spiro atoms. The van der Waals surface area contributed by atoms with Crippen LogP contribution in [0.1, 0.15) is 0 Å². The Labute approximate surface area is 80.8 Å². The maximum absolute atomic E-state index is 8.78. The molecule has 1 aromatic rings. The Hall–Kier alpha value is -0.525. The third-order valence-electron chi connectivity index (χ3n) is 1.38. The van der Waals surface area contributed by atoms with E-state index >= 15 is 0 Å². The molecule has 0 atom stereocenters. The van der Waals surface area contributed by atoms with Crippen LogP contribution in [0.2, 0.25) is 0 Å². The summed E-state index contributed by atoms with van der Waals surface area (Å²) in [5, 5.41) is 17.6. The van der Waals surface area contributed by atoms with Crippen molar-refractivity contribution in [3.63, 3.8) is 0 Å². The van der Waals surface area contributed by atoms with Gasteiger partial charge in [0.1, 0.15) is 0 Å². The molecular weight excluding hydrogens is 191 g/mol. The van der Waals surface area contributed by atoms with Gasteiger partial charge in [-0.3, -0.25) is 0 Å². The first-order valence-electron chi connectivity index (χ1n) is 3.57. The van der Waals surface area contributed by atoms with Crippen molar-refractivity contribution in [2.45, 2.75) is 4.90 Å². The second kappa shape index (κ2) is 5.26. The van der Waals surface area contributed by atoms with Gasteiger partial charge in [-0.25, -0.2) is 4.89 Å². The molecule has 0 saturated carbocycles. The number of rotatable bonds is 4. The second-order valence-electron chi connectivity index (χ2n) is 2.26. The highest BCUT2D eigenvalue weighted by atomic mass is 32.2. The van der Waals surface area contributed by atoms with Crippen LogP contribution in [-0.4, -0.2) is 24.3 Å². The summed E-state index contributed by atoms with van der Waals surface area (Å²) in [6.07, 6.45) is 0. The van der Waals surface area contributed by atoms with Crippen LogP contribution >= 0.6 is 12.0 Å². The lowest BCUT2D eigenvalue weighted by atomic mass is 9.81. The van der Waals surface area contributed by atoms with Crippen LogP contribution in [0.4, 0.5) is 0 Å². The summed E-state index contributed by atoms with van der Waals surface area (Å²) in [7, 11) is -0.0128. The van der Waals surface area contributed by atoms with Gasteiger partial charge in [0.2, 0.25) is 0 Å². The highest BCUT2D eigenvalue weighted by molar-refractivity contribution is 7.94. The summed E-state index contributed by atoms with van der Waals surface area (Å²) < 4.78 is 4.61. The zero-order valence-corrected chi connectivity index (χ0v) is 7.82. The van der Waals surface area contributed by atoms with E-state index in [2.05, 4.69) is 9.22 Å². The van der Waals surface area contributed by atoms with Crippen LogP contribution in [0.25, 0.3) is 0 Å². The molecule has 0 aliphatic heterocycles. The van der Waals surface area contributed by atoms with Gasteiger partial charge in [0.25, 0.3) is 0 Å². The zero-order valence-electron chi connectivity index (χ0n) is 7.01. The minimum absolute atomic E-state index is 0.446. The van der Waals surface area contributed by atoms with E-state index in [4.69, 9.17) is 10.0 Å². The van der Waals surface area contributed by atoms with Crippen LogP contribution in [0.15, 0.2) is 29.2 Å². The lowest BCUT2D eigenvalue weighted by Gasteiger charge is -2.00. The van der Waals surface area contributed by atoms with Gasteiger partial charge in [-0.2, -0.15) is 4.33 Å². The number of hydrogen-bond acceptors (Lipinski definition) is 5. The molecule has 1 rings (SSSR count). The second-order valence-corrected chi connectivity index (χ2v) is 3.03. The highest BCUT2D eigenvalue weighted by Gasteiger charge is 2.09. The molecule has 0 heterocycles. The van der Waals surface area contributed by atoms with E-state index in [1.165, 1.54) is 7.11 Å². The van der Waals surface area contributed by atoms with Crippen LogP contribution in [-0.2, 0) is 9.22 Å². The van der Waals surface area contributed by atoms with Gasteiger partial charge in [-0.1, -0.05) is 12.1 Å². The van der Waals surface area contributed by atoms with E-state index in [1.54, 1.807) is 24.3 Å². The number of benzene rings is 1. The van der Waals surface area contributed by atoms with Crippen molar-refractivity contribution >= 4 is 24.6 Å². The maximum Gasteiger partial charge on any atom is 0.488 e. The number of hydrogen-bond donors (Lipinski definition) is 2. The monoisotopic (exact) mass is 200 g/mol. The van der Waals surface area contributed by atoms with Gasteiger partial charge >= 0.3 is 7.12 Å². The minimum Gasteiger partial charge on any atom is -0.423 e. The first-order valence-corrected chi connectivity index (χ1v) is 4.31. The third-order valence-corrected chi connectivity index (χ3v) is 2.05. The van der Waals surface area contributed by atoms with Crippen LogP contribution in [0.5, 0.6) is 0 Å². The van der Waals surface area contributed by atoms with Crippen molar-refractivity contribution in [2.24, 2.45) is 0 Å². The molecule has 0 bridgehead atoms. The van der Waals surface area contributed by atoms with E-state index < -0.39 is 7.12 Å². The molecule has 0 amide bonds. The maximum atomic E-state index is 8.78. The van der Waals surface area contributed by atoms with E-state index in [9.17, 15) is 0 Å². The van der Waals surface area contributed by atoms with Crippen LogP contribution in [0, 0.1) is 0 Å². The van der Waals surface area contributed by atoms with Crippen molar-refractivity contribution in [1.29, 1.82) is 0 Å². The van der Waals surface area contributed by atoms with Gasteiger partial charge in [0.05, 0.1) is 19.2 Å². The molecule has 2 N–H and O–H groups in total. The molecule has 0 aromatic heterocycles. The fraction of sp³-hybridized carbons (Fsp3) is 0.143. The van der Waals surface area contributed by atoms with E-state index in [0.29, 0.717) is 5.46 Å². The van der Waals surface area contributed by atoms with E-state index in [-0.39, 0.29) is 0 Å². The third kappa shape index (κ3) is 3.37. The van der Waals surface area contributed by atoms with Crippen molar-refractivity contribution < 1.29 is 19.3 Å². The SMILES string of the molecule is COOSc1ccc(B(O)O)cc1. The molecule has 1 aromatic carbocycles. The molecule has 13 heavy (non-hydrogen) atoms. The van der Waals surface area contributed by atoms with Crippen LogP contribution < -0.4 is 5.46 Å². The van der Waals surface area contributed by atoms with Gasteiger partial charge in [0, 0.05) is 4.90 Å². The molecular formula is C7H9BO4S. The molecule has 4 nitrogen and oxygen atoms in total. The average Bonchev–Trinajstić information content (AvgIpc) is 2.15. The summed E-state index contributed by atoms with van der Waals surface area (Å²) in [5.74, 6) is 0. The molecule has 0 aliphatic rings. The molecule has 0 saturated heterocycles. The molecule has 6 heteroatoms. The van der Waals surface area contributed by atoms with Crippen molar-refractivity contribution in [1.82, 2.24) is 0 Å². The Morgan fingerprint density at radius 3 is 2.31 bits per heavy atom. The van der Waals surface area contributed by atoms with E-state index in [0.717, 1.165) is 16.9 Å². The largest absolute Gasteiger partial charge is 0.488 e. The zero-order chi connectivity index (χ0) is 9.68. The Bertz CT molecular complexity index is 251. The Morgan fingerprint density at radius 1 is 1.23 bits per heavy atom. The first-order chi connectivity index (χ1) is 6.24. The lowest BCUT2D eigenvalue weighted by Crippen LogP contribution is -2.29. The Balaban J connectivity index is 2.59. The van der Waals surface area contributed by atoms with E-state index in [1.807, 2.05) is 0 Å². The predicted molar refractivity (Wildman–Crippen MR) is 50.2 cm³/mol. The molecule has 0 radical (unpaired) electrons. The fourth-order valence-electron chi connectivity index (χ4n) is 0.769. The highest BCUT2D eigenvalue weighted by Crippen LogP contribution is 2.17. The average molecular weight is 200 g/mol. The normalized spacial score (nSPS) is 10.1. The minimum atomic E-state index is -1.43. The standard InChI is InChI=1S/C7H9BO4S/c1-11-12-13-7-4-2-6(3-5-7)8(9)10/h2-5,9-10H,1H3.